The number of rotatable bonds is 6. The lowest BCUT2D eigenvalue weighted by molar-refractivity contribution is -0.130. The Kier molecular flexibility index (Phi) is 5.89. The van der Waals surface area contributed by atoms with Crippen LogP contribution in [0.25, 0.3) is 0 Å². The van der Waals surface area contributed by atoms with Crippen molar-refractivity contribution in [2.45, 2.75) is 12.8 Å². The summed E-state index contributed by atoms with van der Waals surface area (Å²) in [6.45, 7) is 0.551. The zero-order valence-corrected chi connectivity index (χ0v) is 13.7. The van der Waals surface area contributed by atoms with Crippen molar-refractivity contribution in [3.05, 3.63) is 29.8 Å². The highest BCUT2D eigenvalue weighted by Crippen LogP contribution is 2.12. The molecule has 0 unspecified atom stereocenters. The van der Waals surface area contributed by atoms with Gasteiger partial charge in [0, 0.05) is 38.5 Å². The van der Waals surface area contributed by atoms with E-state index in [4.69, 9.17) is 4.74 Å². The summed E-state index contributed by atoms with van der Waals surface area (Å²) in [7, 11) is 3.05. The topological polar surface area (TPSA) is 100 Å². The molecule has 0 bridgehead atoms. The maximum absolute atomic E-state index is 12.0. The quantitative estimate of drug-likeness (QED) is 0.724. The molecule has 0 fully saturated rings. The van der Waals surface area contributed by atoms with Crippen LogP contribution in [0, 0.1) is 0 Å². The molecule has 3 amide bonds. The summed E-state index contributed by atoms with van der Waals surface area (Å²) in [5.74, 6) is -0.0875. The van der Waals surface area contributed by atoms with Crippen LogP contribution in [0.5, 0.6) is 5.75 Å². The van der Waals surface area contributed by atoms with Gasteiger partial charge in [-0.3, -0.25) is 14.4 Å². The van der Waals surface area contributed by atoms with E-state index in [1.165, 1.54) is 19.2 Å². The summed E-state index contributed by atoms with van der Waals surface area (Å²) in [5.41, 5.74) is 0.800. The Labute approximate surface area is 139 Å². The number of nitrogens with zero attached hydrogens (tertiary/aromatic N) is 2. The van der Waals surface area contributed by atoms with Gasteiger partial charge >= 0.3 is 0 Å². The molecule has 8 nitrogen and oxygen atoms in total. The van der Waals surface area contributed by atoms with Crippen molar-refractivity contribution in [1.29, 1.82) is 0 Å². The molecule has 128 valence electrons. The molecule has 0 spiro atoms. The Balaban J connectivity index is 1.76. The van der Waals surface area contributed by atoms with E-state index in [9.17, 15) is 14.4 Å². The molecule has 24 heavy (non-hydrogen) atoms. The number of benzene rings is 1. The molecular formula is C16H20N4O4. The maximum Gasteiger partial charge on any atom is 0.267 e. The molecule has 0 saturated heterocycles. The number of hydrazone groups is 1. The first-order valence-corrected chi connectivity index (χ1v) is 7.55. The van der Waals surface area contributed by atoms with Crippen molar-refractivity contribution < 1.29 is 19.1 Å². The second-order valence-electron chi connectivity index (χ2n) is 5.21. The van der Waals surface area contributed by atoms with Crippen LogP contribution in [-0.4, -0.2) is 55.7 Å². The van der Waals surface area contributed by atoms with Gasteiger partial charge in [-0.05, 0) is 18.2 Å². The van der Waals surface area contributed by atoms with Crippen LogP contribution in [0.4, 0.5) is 0 Å². The highest BCUT2D eigenvalue weighted by atomic mass is 16.5. The van der Waals surface area contributed by atoms with E-state index >= 15 is 0 Å². The summed E-state index contributed by atoms with van der Waals surface area (Å²) >= 11 is 0. The van der Waals surface area contributed by atoms with Crippen molar-refractivity contribution >= 4 is 23.4 Å². The van der Waals surface area contributed by atoms with Crippen molar-refractivity contribution in [1.82, 2.24) is 15.6 Å². The van der Waals surface area contributed by atoms with Crippen LogP contribution in [0.1, 0.15) is 23.2 Å². The van der Waals surface area contributed by atoms with E-state index < -0.39 is 0 Å². The summed E-state index contributed by atoms with van der Waals surface area (Å²) in [6, 6.07) is 6.80. The van der Waals surface area contributed by atoms with Gasteiger partial charge in [-0.25, -0.2) is 5.01 Å². The molecular weight excluding hydrogens is 312 g/mol. The zero-order chi connectivity index (χ0) is 17.5. The number of hydrogen-bond donors (Lipinski definition) is 2. The molecule has 0 aliphatic carbocycles. The first-order valence-electron chi connectivity index (χ1n) is 7.55. The Bertz CT molecular complexity index is 672. The molecule has 1 aliphatic rings. The fourth-order valence-electron chi connectivity index (χ4n) is 2.15. The number of nitrogens with one attached hydrogen (secondary N) is 2. The molecule has 1 aliphatic heterocycles. The number of ether oxygens (including phenoxy) is 1. The maximum atomic E-state index is 12.0. The van der Waals surface area contributed by atoms with Crippen molar-refractivity contribution in [3.8, 4) is 5.75 Å². The Morgan fingerprint density at radius 2 is 1.92 bits per heavy atom. The minimum Gasteiger partial charge on any atom is -0.497 e. The van der Waals surface area contributed by atoms with Crippen molar-refractivity contribution in [2.24, 2.45) is 5.10 Å². The van der Waals surface area contributed by atoms with Gasteiger partial charge in [0.25, 0.3) is 11.8 Å². The third-order valence-electron chi connectivity index (χ3n) is 3.50. The molecule has 0 saturated carbocycles. The summed E-state index contributed by atoms with van der Waals surface area (Å²) in [4.78, 5) is 35.2. The predicted molar refractivity (Wildman–Crippen MR) is 87.8 cm³/mol. The molecule has 8 heteroatoms. The lowest BCUT2D eigenvalue weighted by Gasteiger charge is -2.18. The minimum absolute atomic E-state index is 0.114. The minimum atomic E-state index is -0.329. The Morgan fingerprint density at radius 1 is 1.21 bits per heavy atom. The van der Waals surface area contributed by atoms with E-state index in [-0.39, 0.29) is 37.2 Å². The number of carbonyl (C=O) groups is 3. The number of carbonyl (C=O) groups excluding carboxylic acids is 3. The average Bonchev–Trinajstić information content (AvgIpc) is 2.60. The van der Waals surface area contributed by atoms with Gasteiger partial charge in [0.1, 0.15) is 11.5 Å². The smallest absolute Gasteiger partial charge is 0.267 e. The zero-order valence-electron chi connectivity index (χ0n) is 13.7. The van der Waals surface area contributed by atoms with Gasteiger partial charge < -0.3 is 15.4 Å². The fraction of sp³-hybridized carbons (Fsp3) is 0.375. The van der Waals surface area contributed by atoms with Gasteiger partial charge in [-0.15, -0.1) is 0 Å². The molecule has 1 heterocycles. The van der Waals surface area contributed by atoms with Gasteiger partial charge in [0.15, 0.2) is 0 Å². The average molecular weight is 332 g/mol. The molecule has 2 rings (SSSR count). The Morgan fingerprint density at radius 3 is 2.58 bits per heavy atom. The van der Waals surface area contributed by atoms with Crippen molar-refractivity contribution in [2.75, 3.05) is 27.2 Å². The normalized spacial score (nSPS) is 14.0. The third kappa shape index (κ3) is 4.55. The van der Waals surface area contributed by atoms with E-state index in [1.54, 1.807) is 24.3 Å². The first-order chi connectivity index (χ1) is 11.5. The molecule has 1 aromatic carbocycles. The molecule has 1 aromatic rings. The third-order valence-corrected chi connectivity index (χ3v) is 3.50. The predicted octanol–water partition coefficient (Wildman–Crippen LogP) is 0.149. The van der Waals surface area contributed by atoms with Gasteiger partial charge in [0.2, 0.25) is 5.91 Å². The van der Waals surface area contributed by atoms with Crippen LogP contribution < -0.4 is 15.4 Å². The highest BCUT2D eigenvalue weighted by Gasteiger charge is 2.21. The summed E-state index contributed by atoms with van der Waals surface area (Å²) in [6.07, 6.45) is 0.598. The second kappa shape index (κ2) is 8.09. The monoisotopic (exact) mass is 332 g/mol. The summed E-state index contributed by atoms with van der Waals surface area (Å²) in [5, 5.41) is 10.5. The van der Waals surface area contributed by atoms with Gasteiger partial charge in [0.05, 0.1) is 7.11 Å². The molecule has 2 N–H and O–H groups in total. The molecule has 0 aromatic heterocycles. The number of amides is 3. The molecule has 0 radical (unpaired) electrons. The highest BCUT2D eigenvalue weighted by molar-refractivity contribution is 6.39. The standard InChI is InChI=1S/C16H20N4O4/c1-20-14(21)7-6-13(19-20)16(23)18-9-8-17-15(22)11-4-3-5-12(10-11)24-2/h3-5,10H,6-9H2,1-2H3,(H,17,22)(H,18,23). The Hall–Kier alpha value is -2.90. The van der Waals surface area contributed by atoms with Gasteiger partial charge in [-0.1, -0.05) is 6.07 Å². The van der Waals surface area contributed by atoms with E-state index in [1.807, 2.05) is 0 Å². The lowest BCUT2D eigenvalue weighted by atomic mass is 10.1. The SMILES string of the molecule is COc1cccc(C(=O)NCCNC(=O)C2=NN(C)C(=O)CC2)c1. The number of methoxy groups -OCH3 is 1. The summed E-state index contributed by atoms with van der Waals surface area (Å²) < 4.78 is 5.07. The van der Waals surface area contributed by atoms with Crippen LogP contribution in [0.15, 0.2) is 29.4 Å². The van der Waals surface area contributed by atoms with Crippen LogP contribution >= 0.6 is 0 Å². The van der Waals surface area contributed by atoms with E-state index in [2.05, 4.69) is 15.7 Å². The number of hydrogen-bond acceptors (Lipinski definition) is 5. The van der Waals surface area contributed by atoms with Crippen LogP contribution in [0.3, 0.4) is 0 Å². The second-order valence-corrected chi connectivity index (χ2v) is 5.21. The van der Waals surface area contributed by atoms with Gasteiger partial charge in [-0.2, -0.15) is 5.10 Å². The molecule has 0 atom stereocenters. The van der Waals surface area contributed by atoms with Crippen molar-refractivity contribution in [3.63, 3.8) is 0 Å². The van der Waals surface area contributed by atoms with E-state index in [0.29, 0.717) is 23.4 Å². The first kappa shape index (κ1) is 17.5. The van der Waals surface area contributed by atoms with Crippen LogP contribution in [-0.2, 0) is 9.59 Å². The largest absolute Gasteiger partial charge is 0.497 e. The van der Waals surface area contributed by atoms with E-state index in [0.717, 1.165) is 0 Å². The van der Waals surface area contributed by atoms with Crippen LogP contribution in [0.2, 0.25) is 0 Å². The lowest BCUT2D eigenvalue weighted by Crippen LogP contribution is -2.40. The fourth-order valence-corrected chi connectivity index (χ4v) is 2.15.